The molecule has 0 aliphatic heterocycles. The highest BCUT2D eigenvalue weighted by Crippen LogP contribution is 2.20. The highest BCUT2D eigenvalue weighted by Gasteiger charge is 2.22. The van der Waals surface area contributed by atoms with Gasteiger partial charge in [0.05, 0.1) is 6.54 Å². The van der Waals surface area contributed by atoms with E-state index in [9.17, 15) is 5.11 Å². The van der Waals surface area contributed by atoms with E-state index in [0.717, 1.165) is 30.6 Å². The lowest BCUT2D eigenvalue weighted by Crippen LogP contribution is -2.39. The van der Waals surface area contributed by atoms with Gasteiger partial charge in [0.25, 0.3) is 0 Å². The van der Waals surface area contributed by atoms with Crippen LogP contribution in [0.5, 0.6) is 0 Å². The van der Waals surface area contributed by atoms with Gasteiger partial charge in [0, 0.05) is 30.7 Å². The third-order valence-corrected chi connectivity index (χ3v) is 4.56. The number of aromatic amines is 1. The molecule has 0 saturated heterocycles. The molecule has 0 aliphatic carbocycles. The Morgan fingerprint density at radius 1 is 1.07 bits per heavy atom. The molecule has 3 rings (SSSR count). The maximum Gasteiger partial charge on any atom is 0.191 e. The third kappa shape index (κ3) is 5.97. The largest absolute Gasteiger partial charge is 0.384 e. The summed E-state index contributed by atoms with van der Waals surface area (Å²) >= 11 is 0. The predicted molar refractivity (Wildman–Crippen MR) is 127 cm³/mol. The van der Waals surface area contributed by atoms with E-state index < -0.39 is 5.60 Å². The molecule has 0 aliphatic rings. The Morgan fingerprint density at radius 2 is 1.79 bits per heavy atom. The highest BCUT2D eigenvalue weighted by atomic mass is 127. The van der Waals surface area contributed by atoms with Crippen LogP contribution in [0.2, 0.25) is 0 Å². The Kier molecular flexibility index (Phi) is 8.32. The lowest BCUT2D eigenvalue weighted by atomic mass is 9.96. The summed E-state index contributed by atoms with van der Waals surface area (Å²) in [7, 11) is 0. The summed E-state index contributed by atoms with van der Waals surface area (Å²) in [6.07, 6.45) is 0.869. The van der Waals surface area contributed by atoms with Gasteiger partial charge in [-0.05, 0) is 36.9 Å². The van der Waals surface area contributed by atoms with Crippen LogP contribution >= 0.6 is 24.0 Å². The van der Waals surface area contributed by atoms with Crippen molar-refractivity contribution in [1.82, 2.24) is 15.6 Å². The van der Waals surface area contributed by atoms with Gasteiger partial charge in [-0.15, -0.1) is 24.0 Å². The van der Waals surface area contributed by atoms with Crippen molar-refractivity contribution in [3.05, 3.63) is 71.9 Å². The Morgan fingerprint density at radius 3 is 2.50 bits per heavy atom. The molecule has 4 N–H and O–H groups in total. The molecule has 150 valence electrons. The molecule has 0 radical (unpaired) electrons. The molecule has 0 bridgehead atoms. The molecule has 1 atom stereocenters. The highest BCUT2D eigenvalue weighted by molar-refractivity contribution is 14.0. The fourth-order valence-corrected chi connectivity index (χ4v) is 3.05. The molecule has 3 aromatic rings. The first-order chi connectivity index (χ1) is 13.1. The van der Waals surface area contributed by atoms with Crippen LogP contribution in [0.15, 0.2) is 65.7 Å². The summed E-state index contributed by atoms with van der Waals surface area (Å²) in [5.41, 5.74) is 2.21. The van der Waals surface area contributed by atoms with E-state index in [1.54, 1.807) is 6.92 Å². The molecular weight excluding hydrogens is 463 g/mol. The number of H-pyrrole nitrogens is 1. The average Bonchev–Trinajstić information content (AvgIpc) is 3.09. The minimum atomic E-state index is -0.999. The van der Waals surface area contributed by atoms with Crippen molar-refractivity contribution in [2.45, 2.75) is 25.9 Å². The third-order valence-electron chi connectivity index (χ3n) is 4.56. The number of aliphatic imine (C=N–C) groups is 1. The van der Waals surface area contributed by atoms with Crippen LogP contribution in [0.4, 0.5) is 0 Å². The fourth-order valence-electron chi connectivity index (χ4n) is 3.05. The second kappa shape index (κ2) is 10.5. The van der Waals surface area contributed by atoms with Crippen molar-refractivity contribution in [3.8, 4) is 0 Å². The zero-order valence-electron chi connectivity index (χ0n) is 16.4. The number of fused-ring (bicyclic) bond motifs is 1. The van der Waals surface area contributed by atoms with Crippen molar-refractivity contribution in [2.75, 3.05) is 19.6 Å². The van der Waals surface area contributed by atoms with Crippen molar-refractivity contribution in [1.29, 1.82) is 0 Å². The first-order valence-electron chi connectivity index (χ1n) is 9.45. The molecule has 1 unspecified atom stereocenters. The van der Waals surface area contributed by atoms with E-state index in [-0.39, 0.29) is 24.0 Å². The number of aromatic nitrogens is 1. The topological polar surface area (TPSA) is 72.4 Å². The number of aliphatic hydroxyl groups is 1. The SMILES string of the molecule is CCNC(=NCC(C)(O)c1ccccc1)NCCc1cc2ccccc2[nH]1.I. The lowest BCUT2D eigenvalue weighted by Gasteiger charge is -2.22. The summed E-state index contributed by atoms with van der Waals surface area (Å²) in [5, 5.41) is 18.5. The molecule has 0 amide bonds. The summed E-state index contributed by atoms with van der Waals surface area (Å²) in [5.74, 6) is 0.713. The van der Waals surface area contributed by atoms with Gasteiger partial charge in [-0.1, -0.05) is 48.5 Å². The van der Waals surface area contributed by atoms with Crippen LogP contribution in [0.1, 0.15) is 25.1 Å². The average molecular weight is 492 g/mol. The molecular formula is C22H29IN4O. The van der Waals surface area contributed by atoms with E-state index in [1.807, 2.05) is 49.4 Å². The number of benzene rings is 2. The Balaban J connectivity index is 0.00000280. The lowest BCUT2D eigenvalue weighted by molar-refractivity contribution is 0.0672. The summed E-state index contributed by atoms with van der Waals surface area (Å²) in [6.45, 7) is 5.64. The van der Waals surface area contributed by atoms with Gasteiger partial charge < -0.3 is 20.7 Å². The van der Waals surface area contributed by atoms with Crippen molar-refractivity contribution >= 4 is 40.8 Å². The van der Waals surface area contributed by atoms with E-state index in [0.29, 0.717) is 12.5 Å². The zero-order valence-corrected chi connectivity index (χ0v) is 18.7. The second-order valence-corrected chi connectivity index (χ2v) is 6.89. The Labute approximate surface area is 183 Å². The Hall–Kier alpha value is -2.06. The van der Waals surface area contributed by atoms with Crippen LogP contribution in [0.25, 0.3) is 10.9 Å². The van der Waals surface area contributed by atoms with Crippen LogP contribution in [0, 0.1) is 0 Å². The first-order valence-corrected chi connectivity index (χ1v) is 9.45. The van der Waals surface area contributed by atoms with Crippen molar-refractivity contribution < 1.29 is 5.11 Å². The van der Waals surface area contributed by atoms with Gasteiger partial charge >= 0.3 is 0 Å². The van der Waals surface area contributed by atoms with Crippen LogP contribution in [-0.4, -0.2) is 35.7 Å². The van der Waals surface area contributed by atoms with Crippen LogP contribution in [-0.2, 0) is 12.0 Å². The van der Waals surface area contributed by atoms with Crippen molar-refractivity contribution in [3.63, 3.8) is 0 Å². The number of hydrogen-bond donors (Lipinski definition) is 4. The minimum absolute atomic E-state index is 0. The van der Waals surface area contributed by atoms with Crippen LogP contribution in [0.3, 0.4) is 0 Å². The zero-order chi connectivity index (χ0) is 19.1. The maximum atomic E-state index is 10.7. The number of hydrogen-bond acceptors (Lipinski definition) is 2. The molecule has 28 heavy (non-hydrogen) atoms. The van der Waals surface area contributed by atoms with Gasteiger partial charge in [-0.2, -0.15) is 0 Å². The molecule has 0 spiro atoms. The number of nitrogens with zero attached hydrogens (tertiary/aromatic N) is 1. The van der Waals surface area contributed by atoms with Gasteiger partial charge in [-0.25, -0.2) is 4.99 Å². The summed E-state index contributed by atoms with van der Waals surface area (Å²) in [4.78, 5) is 8.01. The normalized spacial score (nSPS) is 13.6. The van der Waals surface area contributed by atoms with Crippen molar-refractivity contribution in [2.24, 2.45) is 4.99 Å². The number of nitrogens with one attached hydrogen (secondary N) is 3. The molecule has 0 fully saturated rings. The van der Waals surface area contributed by atoms with E-state index >= 15 is 0 Å². The minimum Gasteiger partial charge on any atom is -0.384 e. The number of rotatable bonds is 7. The monoisotopic (exact) mass is 492 g/mol. The fraction of sp³-hybridized carbons (Fsp3) is 0.318. The maximum absolute atomic E-state index is 10.7. The Bertz CT molecular complexity index is 857. The summed E-state index contributed by atoms with van der Waals surface area (Å²) in [6, 6.07) is 20.1. The molecule has 1 heterocycles. The summed E-state index contributed by atoms with van der Waals surface area (Å²) < 4.78 is 0. The number of guanidine groups is 1. The molecule has 1 aromatic heterocycles. The van der Waals surface area contributed by atoms with Gasteiger partial charge in [0.15, 0.2) is 5.96 Å². The molecule has 5 nitrogen and oxygen atoms in total. The quantitative estimate of drug-likeness (QED) is 0.231. The molecule has 0 saturated carbocycles. The predicted octanol–water partition coefficient (Wildman–Crippen LogP) is 3.79. The van der Waals surface area contributed by atoms with E-state index in [2.05, 4.69) is 38.8 Å². The van der Waals surface area contributed by atoms with E-state index in [1.165, 1.54) is 11.1 Å². The second-order valence-electron chi connectivity index (χ2n) is 6.89. The first kappa shape index (κ1) is 22.2. The van der Waals surface area contributed by atoms with Gasteiger partial charge in [-0.3, -0.25) is 0 Å². The van der Waals surface area contributed by atoms with Gasteiger partial charge in [0.1, 0.15) is 5.60 Å². The smallest absolute Gasteiger partial charge is 0.191 e. The number of halogens is 1. The standard InChI is InChI=1S/C22H28N4O.HI/c1-3-23-21(25-16-22(2,27)18-10-5-4-6-11-18)24-14-13-19-15-17-9-7-8-12-20(17)26-19;/h4-12,15,26-27H,3,13-14,16H2,1-2H3,(H2,23,24,25);1H. The molecule has 2 aromatic carbocycles. The number of para-hydroxylation sites is 1. The van der Waals surface area contributed by atoms with Crippen LogP contribution < -0.4 is 10.6 Å². The molecule has 6 heteroatoms. The van der Waals surface area contributed by atoms with E-state index in [4.69, 9.17) is 0 Å². The van der Waals surface area contributed by atoms with Gasteiger partial charge in [0.2, 0.25) is 0 Å².